The van der Waals surface area contributed by atoms with Gasteiger partial charge in [-0.15, -0.1) is 0 Å². The van der Waals surface area contributed by atoms with Crippen molar-refractivity contribution in [3.05, 3.63) is 28.2 Å². The molecule has 0 saturated carbocycles. The summed E-state index contributed by atoms with van der Waals surface area (Å²) in [5, 5.41) is 19.2. The molecule has 0 aliphatic heterocycles. The second-order valence-electron chi connectivity index (χ2n) is 4.97. The van der Waals surface area contributed by atoms with Crippen LogP contribution in [-0.4, -0.2) is 56.5 Å². The summed E-state index contributed by atoms with van der Waals surface area (Å²) in [7, 11) is 6.16. The lowest BCUT2D eigenvalue weighted by Crippen LogP contribution is -2.36. The van der Waals surface area contributed by atoms with E-state index in [9.17, 15) is 9.90 Å². The van der Waals surface area contributed by atoms with Crippen molar-refractivity contribution in [2.45, 2.75) is 0 Å². The minimum Gasteiger partial charge on any atom is -0.546 e. The normalized spacial score (nSPS) is 10.5. The molecule has 7 heteroatoms. The number of carbonyl (C=O) groups excluding carboxylic acids is 1. The van der Waals surface area contributed by atoms with Crippen LogP contribution in [0.5, 0.6) is 5.75 Å². The molecule has 0 saturated heterocycles. The fourth-order valence-electron chi connectivity index (χ4n) is 1.03. The lowest BCUT2D eigenvalue weighted by atomic mass is 10.3. The number of carbonyl (C=O) groups is 1. The van der Waals surface area contributed by atoms with Crippen LogP contribution in [0.1, 0.15) is 0 Å². The second kappa shape index (κ2) is 9.02. The van der Waals surface area contributed by atoms with Crippen molar-refractivity contribution in [1.29, 1.82) is 0 Å². The number of carboxylic acids is 1. The van der Waals surface area contributed by atoms with E-state index < -0.39 is 12.6 Å². The first-order valence-electron chi connectivity index (χ1n) is 5.84. The van der Waals surface area contributed by atoms with E-state index in [1.807, 2.05) is 0 Å². The molecule has 5 nitrogen and oxygen atoms in total. The van der Waals surface area contributed by atoms with E-state index in [1.165, 1.54) is 12.1 Å². The minimum atomic E-state index is -1.30. The number of carboxylic acid groups (broad SMARTS) is 1. The third-order valence-electron chi connectivity index (χ3n) is 2.01. The van der Waals surface area contributed by atoms with Gasteiger partial charge >= 0.3 is 0 Å². The molecule has 1 N–H and O–H groups in total. The maximum atomic E-state index is 10.0. The van der Waals surface area contributed by atoms with Crippen LogP contribution in [0.25, 0.3) is 0 Å². The molecule has 20 heavy (non-hydrogen) atoms. The van der Waals surface area contributed by atoms with E-state index in [-0.39, 0.29) is 17.4 Å². The SMILES string of the molecule is C[N+](C)(C)CCO.O=C([O-])COc1ccc(Cl)cc1Cl. The molecule has 0 aromatic heterocycles. The van der Waals surface area contributed by atoms with Gasteiger partial charge in [0.1, 0.15) is 18.9 Å². The molecule has 0 fully saturated rings. The molecule has 0 atom stereocenters. The zero-order chi connectivity index (χ0) is 15.8. The number of aliphatic hydroxyl groups is 1. The van der Waals surface area contributed by atoms with Gasteiger partial charge in [-0.25, -0.2) is 0 Å². The lowest BCUT2D eigenvalue weighted by Gasteiger charge is -2.21. The summed E-state index contributed by atoms with van der Waals surface area (Å²) in [4.78, 5) is 10.0. The van der Waals surface area contributed by atoms with E-state index in [1.54, 1.807) is 6.07 Å². The van der Waals surface area contributed by atoms with Gasteiger partial charge in [-0.2, -0.15) is 0 Å². The summed E-state index contributed by atoms with van der Waals surface area (Å²) >= 11 is 11.3. The summed E-state index contributed by atoms with van der Waals surface area (Å²) in [6, 6.07) is 4.51. The van der Waals surface area contributed by atoms with Crippen LogP contribution >= 0.6 is 23.2 Å². The van der Waals surface area contributed by atoms with Crippen LogP contribution in [0.4, 0.5) is 0 Å². The number of halogens is 2. The van der Waals surface area contributed by atoms with Crippen LogP contribution < -0.4 is 9.84 Å². The van der Waals surface area contributed by atoms with Gasteiger partial charge in [-0.05, 0) is 18.2 Å². The molecule has 0 amide bonds. The van der Waals surface area contributed by atoms with Crippen molar-refractivity contribution in [1.82, 2.24) is 0 Å². The van der Waals surface area contributed by atoms with Crippen LogP contribution in [0.3, 0.4) is 0 Å². The smallest absolute Gasteiger partial charge is 0.138 e. The zero-order valence-electron chi connectivity index (χ0n) is 11.7. The highest BCUT2D eigenvalue weighted by molar-refractivity contribution is 6.35. The molecule has 0 bridgehead atoms. The molecule has 1 aromatic rings. The third-order valence-corrected chi connectivity index (χ3v) is 2.54. The number of likely N-dealkylation sites (N-methyl/N-ethyl adjacent to an activating group) is 1. The number of hydrogen-bond donors (Lipinski definition) is 1. The number of quaternary nitrogens is 1. The Bertz CT molecular complexity index is 433. The van der Waals surface area contributed by atoms with Crippen molar-refractivity contribution in [3.63, 3.8) is 0 Å². The highest BCUT2D eigenvalue weighted by Crippen LogP contribution is 2.27. The number of aliphatic carboxylic acids is 1. The van der Waals surface area contributed by atoms with Crippen LogP contribution in [0, 0.1) is 0 Å². The average molecular weight is 324 g/mol. The van der Waals surface area contributed by atoms with Gasteiger partial charge in [0.05, 0.1) is 38.7 Å². The molecule has 0 unspecified atom stereocenters. The fourth-order valence-corrected chi connectivity index (χ4v) is 1.49. The Balaban J connectivity index is 0.000000441. The van der Waals surface area contributed by atoms with E-state index >= 15 is 0 Å². The van der Waals surface area contributed by atoms with Gasteiger partial charge in [0.25, 0.3) is 0 Å². The number of benzene rings is 1. The number of rotatable bonds is 5. The molecule has 1 aromatic carbocycles. The number of hydrogen-bond acceptors (Lipinski definition) is 4. The summed E-state index contributed by atoms with van der Waals surface area (Å²) in [6.45, 7) is 0.588. The van der Waals surface area contributed by atoms with Gasteiger partial charge in [-0.1, -0.05) is 23.2 Å². The number of aliphatic hydroxyl groups excluding tert-OH is 1. The standard InChI is InChI=1S/C8H6Cl2O3.C5H14NO/c9-5-1-2-7(6(10)3-5)13-4-8(11)12;1-6(2,3)4-5-7/h1-3H,4H2,(H,11,12);7H,4-5H2,1-3H3/q;+1/p-1. The Morgan fingerprint density at radius 2 is 1.95 bits per heavy atom. The summed E-state index contributed by atoms with van der Waals surface area (Å²) in [5.41, 5.74) is 0. The van der Waals surface area contributed by atoms with Gasteiger partial charge in [0.2, 0.25) is 0 Å². The highest BCUT2D eigenvalue weighted by atomic mass is 35.5. The maximum absolute atomic E-state index is 10.0. The Labute approximate surface area is 128 Å². The maximum Gasteiger partial charge on any atom is 0.138 e. The van der Waals surface area contributed by atoms with Crippen LogP contribution in [0.2, 0.25) is 10.0 Å². The first-order chi connectivity index (χ1) is 9.15. The Morgan fingerprint density at radius 3 is 2.30 bits per heavy atom. The lowest BCUT2D eigenvalue weighted by molar-refractivity contribution is -0.870. The van der Waals surface area contributed by atoms with Crippen molar-refractivity contribution >= 4 is 29.2 Å². The molecule has 0 radical (unpaired) electrons. The summed E-state index contributed by atoms with van der Waals surface area (Å²) in [6.07, 6.45) is 0. The van der Waals surface area contributed by atoms with Crippen molar-refractivity contribution in [2.24, 2.45) is 0 Å². The summed E-state index contributed by atoms with van der Waals surface area (Å²) < 4.78 is 5.64. The Kier molecular flexibility index (Phi) is 8.57. The zero-order valence-corrected chi connectivity index (χ0v) is 13.2. The highest BCUT2D eigenvalue weighted by Gasteiger charge is 2.02. The van der Waals surface area contributed by atoms with E-state index in [4.69, 9.17) is 33.0 Å². The molecule has 0 aliphatic carbocycles. The molecule has 114 valence electrons. The second-order valence-corrected chi connectivity index (χ2v) is 5.82. The van der Waals surface area contributed by atoms with Gasteiger partial charge in [-0.3, -0.25) is 0 Å². The molecular weight excluding hydrogens is 305 g/mol. The quantitative estimate of drug-likeness (QED) is 0.814. The molecule has 0 heterocycles. The predicted octanol–water partition coefficient (Wildman–Crippen LogP) is 0.807. The topological polar surface area (TPSA) is 69.6 Å². The van der Waals surface area contributed by atoms with Crippen molar-refractivity contribution in [3.8, 4) is 5.75 Å². The molecule has 0 spiro atoms. The minimum absolute atomic E-state index is 0.272. The Morgan fingerprint density at radius 1 is 1.35 bits per heavy atom. The van der Waals surface area contributed by atoms with Gasteiger partial charge in [0.15, 0.2) is 0 Å². The third kappa shape index (κ3) is 9.86. The molecule has 1 rings (SSSR count). The van der Waals surface area contributed by atoms with Gasteiger partial charge in [0, 0.05) is 5.02 Å². The first-order valence-corrected chi connectivity index (χ1v) is 6.60. The van der Waals surface area contributed by atoms with Crippen LogP contribution in [-0.2, 0) is 4.79 Å². The number of nitrogens with zero attached hydrogens (tertiary/aromatic N) is 1. The van der Waals surface area contributed by atoms with Crippen LogP contribution in [0.15, 0.2) is 18.2 Å². The first kappa shape index (κ1) is 19.0. The summed E-state index contributed by atoms with van der Waals surface area (Å²) in [5.74, 6) is -1.03. The molecular formula is C13H19Cl2NO4. The fraction of sp³-hybridized carbons (Fsp3) is 0.462. The Hall–Kier alpha value is -1.01. The average Bonchev–Trinajstić information content (AvgIpc) is 2.26. The molecule has 0 aliphatic rings. The number of ether oxygens (including phenoxy) is 1. The van der Waals surface area contributed by atoms with E-state index in [0.717, 1.165) is 11.0 Å². The van der Waals surface area contributed by atoms with E-state index in [0.29, 0.717) is 5.02 Å². The van der Waals surface area contributed by atoms with E-state index in [2.05, 4.69) is 21.1 Å². The largest absolute Gasteiger partial charge is 0.546 e. The predicted molar refractivity (Wildman–Crippen MR) is 76.9 cm³/mol. The van der Waals surface area contributed by atoms with Crippen molar-refractivity contribution in [2.75, 3.05) is 40.9 Å². The monoisotopic (exact) mass is 323 g/mol. The van der Waals surface area contributed by atoms with Gasteiger partial charge < -0.3 is 24.2 Å². The van der Waals surface area contributed by atoms with Crippen molar-refractivity contribution < 1.29 is 24.2 Å².